The highest BCUT2D eigenvalue weighted by Gasteiger charge is 2.62. The molecule has 1 saturated carbocycles. The zero-order valence-electron chi connectivity index (χ0n) is 20.1. The molecule has 1 aliphatic carbocycles. The summed E-state index contributed by atoms with van der Waals surface area (Å²) in [5.41, 5.74) is -0.948. The van der Waals surface area contributed by atoms with E-state index in [4.69, 9.17) is 18.9 Å². The molecule has 3 fully saturated rings. The first kappa shape index (κ1) is 27.5. The number of ether oxygens (including phenoxy) is 4. The molecule has 204 valence electrons. The van der Waals surface area contributed by atoms with Gasteiger partial charge in [-0.05, 0) is 36.1 Å². The van der Waals surface area contributed by atoms with Gasteiger partial charge in [0, 0.05) is 12.0 Å². The molecule has 10 atom stereocenters. The Morgan fingerprint density at radius 3 is 2.54 bits per heavy atom. The monoisotopic (exact) mass is 524 g/mol. The van der Waals surface area contributed by atoms with Crippen LogP contribution >= 0.6 is 0 Å². The van der Waals surface area contributed by atoms with Crippen molar-refractivity contribution in [1.82, 2.24) is 0 Å². The molecule has 12 nitrogen and oxygen atoms in total. The van der Waals surface area contributed by atoms with E-state index < -0.39 is 79.4 Å². The van der Waals surface area contributed by atoms with Gasteiger partial charge in [-0.2, -0.15) is 0 Å². The van der Waals surface area contributed by atoms with E-state index in [1.165, 1.54) is 18.2 Å². The minimum atomic E-state index is -1.70. The molecule has 1 aromatic rings. The van der Waals surface area contributed by atoms with Crippen LogP contribution in [-0.2, 0) is 28.5 Å². The summed E-state index contributed by atoms with van der Waals surface area (Å²) >= 11 is 0. The summed E-state index contributed by atoms with van der Waals surface area (Å²) in [6, 6.07) is 6.00. The molecule has 2 aliphatic heterocycles. The number of carbonyl (C=O) groups is 2. The van der Waals surface area contributed by atoms with Gasteiger partial charge in [-0.1, -0.05) is 19.1 Å². The quantitative estimate of drug-likeness (QED) is 0.174. The summed E-state index contributed by atoms with van der Waals surface area (Å²) in [5.74, 6) is -3.43. The zero-order valence-corrected chi connectivity index (χ0v) is 20.1. The van der Waals surface area contributed by atoms with E-state index in [9.17, 15) is 40.2 Å². The number of benzene rings is 1. The standard InChI is InChI=1S/C25H32O12/c1-12-8-16-19(25(12,33)11-27)15(23(32)35-16)10-34-24-21(31)20(30)22(17(9-26)36-24)37-18(29)7-4-13-2-5-14(28)6-3-13/h2-7,12,15-17,19-22,24,26-28,30-31,33H,8-11H2,1H3/b7-4+/t12-,15-,16-,17+,19-,20+,21+,22+,24+,25+/m0/s1. The van der Waals surface area contributed by atoms with Gasteiger partial charge in [-0.15, -0.1) is 0 Å². The number of rotatable bonds is 8. The number of hydrogen-bond acceptors (Lipinski definition) is 12. The van der Waals surface area contributed by atoms with Gasteiger partial charge in [0.05, 0.1) is 31.3 Å². The summed E-state index contributed by atoms with van der Waals surface area (Å²) in [5, 5.41) is 61.0. The van der Waals surface area contributed by atoms with E-state index in [0.717, 1.165) is 6.08 Å². The van der Waals surface area contributed by atoms with Crippen LogP contribution in [0.15, 0.2) is 30.3 Å². The largest absolute Gasteiger partial charge is 0.508 e. The topological polar surface area (TPSA) is 192 Å². The third kappa shape index (κ3) is 5.36. The van der Waals surface area contributed by atoms with Crippen LogP contribution in [0.4, 0.5) is 0 Å². The predicted molar refractivity (Wildman–Crippen MR) is 123 cm³/mol. The lowest BCUT2D eigenvalue weighted by atomic mass is 9.78. The van der Waals surface area contributed by atoms with Gasteiger partial charge in [0.1, 0.15) is 30.2 Å². The molecule has 2 heterocycles. The van der Waals surface area contributed by atoms with Crippen LogP contribution in [-0.4, -0.2) is 105 Å². The number of carbonyl (C=O) groups excluding carboxylic acids is 2. The molecule has 0 bridgehead atoms. The van der Waals surface area contributed by atoms with Gasteiger partial charge < -0.3 is 49.6 Å². The van der Waals surface area contributed by atoms with Crippen molar-refractivity contribution in [2.24, 2.45) is 17.8 Å². The number of phenols is 1. The Bertz CT molecular complexity index is 994. The van der Waals surface area contributed by atoms with Gasteiger partial charge in [-0.3, -0.25) is 4.79 Å². The molecule has 4 rings (SSSR count). The summed E-state index contributed by atoms with van der Waals surface area (Å²) in [6.07, 6.45) is -5.25. The van der Waals surface area contributed by atoms with Crippen LogP contribution in [0.25, 0.3) is 6.08 Å². The summed E-state index contributed by atoms with van der Waals surface area (Å²) in [6.45, 7) is 0.158. The molecule has 0 radical (unpaired) electrons. The van der Waals surface area contributed by atoms with Gasteiger partial charge in [0.2, 0.25) is 0 Å². The highest BCUT2D eigenvalue weighted by atomic mass is 16.7. The Labute approximate surface area is 212 Å². The molecule has 0 unspecified atom stereocenters. The van der Waals surface area contributed by atoms with Crippen molar-refractivity contribution in [3.8, 4) is 5.75 Å². The van der Waals surface area contributed by atoms with Gasteiger partial charge >= 0.3 is 11.9 Å². The third-order valence-electron chi connectivity index (χ3n) is 7.49. The number of aromatic hydroxyl groups is 1. The second-order valence-electron chi connectivity index (χ2n) is 9.76. The third-order valence-corrected chi connectivity index (χ3v) is 7.49. The summed E-state index contributed by atoms with van der Waals surface area (Å²) in [7, 11) is 0. The van der Waals surface area contributed by atoms with E-state index >= 15 is 0 Å². The predicted octanol–water partition coefficient (Wildman–Crippen LogP) is -1.31. The second kappa shape index (κ2) is 11.0. The van der Waals surface area contributed by atoms with Gasteiger partial charge in [0.15, 0.2) is 12.4 Å². The smallest absolute Gasteiger partial charge is 0.331 e. The van der Waals surface area contributed by atoms with Crippen LogP contribution < -0.4 is 0 Å². The lowest BCUT2D eigenvalue weighted by molar-refractivity contribution is -0.305. The van der Waals surface area contributed by atoms with E-state index in [0.29, 0.717) is 12.0 Å². The minimum Gasteiger partial charge on any atom is -0.508 e. The van der Waals surface area contributed by atoms with Crippen LogP contribution in [0.5, 0.6) is 5.75 Å². The molecule has 0 aromatic heterocycles. The second-order valence-corrected chi connectivity index (χ2v) is 9.76. The SMILES string of the molecule is C[C@H]1C[C@@H]2OC(=O)[C@@H](CO[C@@H]3O[C@H](CO)[C@@H](OC(=O)/C=C/c4ccc(O)cc4)[C@H](O)[C@H]3O)[C@@H]2[C@@]1(O)CO. The Morgan fingerprint density at radius 2 is 1.89 bits per heavy atom. The number of aliphatic hydroxyl groups excluding tert-OH is 4. The first-order chi connectivity index (χ1) is 17.6. The number of aliphatic hydroxyl groups is 5. The number of fused-ring (bicyclic) bond motifs is 1. The van der Waals surface area contributed by atoms with Crippen molar-refractivity contribution in [3.63, 3.8) is 0 Å². The normalized spacial score (nSPS) is 39.5. The molecular weight excluding hydrogens is 492 g/mol. The average molecular weight is 525 g/mol. The Morgan fingerprint density at radius 1 is 1.19 bits per heavy atom. The Hall–Kier alpha value is -2.58. The van der Waals surface area contributed by atoms with Gasteiger partial charge in [-0.25, -0.2) is 4.79 Å². The van der Waals surface area contributed by atoms with Crippen molar-refractivity contribution in [1.29, 1.82) is 0 Å². The van der Waals surface area contributed by atoms with E-state index in [1.807, 2.05) is 0 Å². The maximum Gasteiger partial charge on any atom is 0.331 e. The molecule has 12 heteroatoms. The lowest BCUT2D eigenvalue weighted by Gasteiger charge is -2.41. The fraction of sp³-hybridized carbons (Fsp3) is 0.600. The Balaban J connectivity index is 1.38. The number of esters is 2. The van der Waals surface area contributed by atoms with Crippen molar-refractivity contribution < 1.29 is 59.2 Å². The van der Waals surface area contributed by atoms with Crippen LogP contribution in [0.3, 0.4) is 0 Å². The molecule has 37 heavy (non-hydrogen) atoms. The fourth-order valence-corrected chi connectivity index (χ4v) is 5.35. The van der Waals surface area contributed by atoms with Crippen molar-refractivity contribution >= 4 is 18.0 Å². The highest BCUT2D eigenvalue weighted by Crippen LogP contribution is 2.50. The lowest BCUT2D eigenvalue weighted by Crippen LogP contribution is -2.60. The van der Waals surface area contributed by atoms with E-state index in [-0.39, 0.29) is 18.3 Å². The Kier molecular flexibility index (Phi) is 8.19. The average Bonchev–Trinajstić information content (AvgIpc) is 3.32. The maximum absolute atomic E-state index is 12.4. The van der Waals surface area contributed by atoms with Crippen LogP contribution in [0.2, 0.25) is 0 Å². The fourth-order valence-electron chi connectivity index (χ4n) is 5.35. The first-order valence-corrected chi connectivity index (χ1v) is 12.0. The van der Waals surface area contributed by atoms with E-state index in [1.54, 1.807) is 19.1 Å². The molecule has 1 aromatic carbocycles. The number of hydrogen-bond donors (Lipinski definition) is 6. The molecular formula is C25H32O12. The van der Waals surface area contributed by atoms with E-state index in [2.05, 4.69) is 0 Å². The van der Waals surface area contributed by atoms with Crippen molar-refractivity contribution in [3.05, 3.63) is 35.9 Å². The minimum absolute atomic E-state index is 0.0604. The van der Waals surface area contributed by atoms with Crippen molar-refractivity contribution in [2.45, 2.75) is 55.8 Å². The zero-order chi connectivity index (χ0) is 26.9. The summed E-state index contributed by atoms with van der Waals surface area (Å²) < 4.78 is 21.7. The summed E-state index contributed by atoms with van der Waals surface area (Å²) in [4.78, 5) is 24.7. The van der Waals surface area contributed by atoms with Crippen LogP contribution in [0.1, 0.15) is 18.9 Å². The molecule has 6 N–H and O–H groups in total. The molecule has 0 spiro atoms. The first-order valence-electron chi connectivity index (χ1n) is 12.0. The van der Waals surface area contributed by atoms with Crippen molar-refractivity contribution in [2.75, 3.05) is 19.8 Å². The molecule has 3 aliphatic rings. The number of phenolic OH excluding ortho intramolecular Hbond substituents is 1. The molecule has 2 saturated heterocycles. The van der Waals surface area contributed by atoms with Crippen LogP contribution in [0, 0.1) is 17.8 Å². The van der Waals surface area contributed by atoms with Gasteiger partial charge in [0.25, 0.3) is 0 Å². The highest BCUT2D eigenvalue weighted by molar-refractivity contribution is 5.87. The maximum atomic E-state index is 12.4. The molecule has 0 amide bonds.